The van der Waals surface area contributed by atoms with Crippen molar-refractivity contribution in [3.8, 4) is 11.5 Å². The van der Waals surface area contributed by atoms with Gasteiger partial charge in [-0.1, -0.05) is 6.42 Å². The van der Waals surface area contributed by atoms with Crippen LogP contribution < -0.4 is 15.2 Å². The van der Waals surface area contributed by atoms with Crippen molar-refractivity contribution in [1.29, 1.82) is 0 Å². The van der Waals surface area contributed by atoms with Crippen LogP contribution in [0.25, 0.3) is 0 Å². The third-order valence-electron chi connectivity index (χ3n) is 4.70. The average Bonchev–Trinajstić information content (AvgIpc) is 3.33. The zero-order valence-corrected chi connectivity index (χ0v) is 13.0. The Labute approximate surface area is 127 Å². The van der Waals surface area contributed by atoms with E-state index in [4.69, 9.17) is 15.2 Å². The molecule has 1 saturated carbocycles. The Hall–Kier alpha value is -1.26. The fraction of sp³-hybridized carbons (Fsp3) is 0.647. The number of ether oxygens (including phenoxy) is 2. The summed E-state index contributed by atoms with van der Waals surface area (Å²) in [5.41, 5.74) is 7.76. The second-order valence-corrected chi connectivity index (χ2v) is 6.22. The van der Waals surface area contributed by atoms with Crippen molar-refractivity contribution in [3.63, 3.8) is 0 Å². The summed E-state index contributed by atoms with van der Waals surface area (Å²) in [4.78, 5) is 2.62. The van der Waals surface area contributed by atoms with Crippen molar-refractivity contribution in [3.05, 3.63) is 23.8 Å². The lowest BCUT2D eigenvalue weighted by Crippen LogP contribution is -2.41. The normalized spacial score (nSPS) is 27.2. The van der Waals surface area contributed by atoms with E-state index in [1.54, 1.807) is 14.2 Å². The Morgan fingerprint density at radius 2 is 1.67 bits per heavy atom. The summed E-state index contributed by atoms with van der Waals surface area (Å²) in [5, 5.41) is 0. The highest BCUT2D eigenvalue weighted by Crippen LogP contribution is 2.40. The van der Waals surface area contributed by atoms with Crippen LogP contribution in [0.1, 0.15) is 43.7 Å². The van der Waals surface area contributed by atoms with E-state index >= 15 is 0 Å². The lowest BCUT2D eigenvalue weighted by molar-refractivity contribution is 0.175. The molecule has 1 aliphatic heterocycles. The van der Waals surface area contributed by atoms with Crippen LogP contribution >= 0.6 is 0 Å². The Kier molecular flexibility index (Phi) is 4.36. The molecule has 0 aromatic heterocycles. The first-order valence-electron chi connectivity index (χ1n) is 7.97. The van der Waals surface area contributed by atoms with E-state index in [0.717, 1.165) is 30.5 Å². The molecule has 2 N–H and O–H groups in total. The van der Waals surface area contributed by atoms with Crippen LogP contribution in [0.2, 0.25) is 0 Å². The van der Waals surface area contributed by atoms with Crippen molar-refractivity contribution in [2.24, 2.45) is 5.73 Å². The van der Waals surface area contributed by atoms with Crippen LogP contribution in [-0.4, -0.2) is 37.7 Å². The molecule has 4 heteroatoms. The SMILES string of the molecule is COc1cc(OC)cc(C2C(N)CCCCN2C2CC2)c1. The van der Waals surface area contributed by atoms with Gasteiger partial charge in [-0.15, -0.1) is 0 Å². The highest BCUT2D eigenvalue weighted by molar-refractivity contribution is 5.40. The molecule has 116 valence electrons. The fourth-order valence-corrected chi connectivity index (χ4v) is 3.47. The topological polar surface area (TPSA) is 47.7 Å². The molecule has 3 rings (SSSR count). The van der Waals surface area contributed by atoms with Crippen LogP contribution in [0.15, 0.2) is 18.2 Å². The van der Waals surface area contributed by atoms with E-state index in [0.29, 0.717) is 0 Å². The second kappa shape index (κ2) is 6.24. The second-order valence-electron chi connectivity index (χ2n) is 6.22. The van der Waals surface area contributed by atoms with Gasteiger partial charge in [0.05, 0.1) is 20.3 Å². The first-order valence-corrected chi connectivity index (χ1v) is 7.97. The quantitative estimate of drug-likeness (QED) is 0.926. The molecule has 2 fully saturated rings. The first kappa shape index (κ1) is 14.7. The maximum atomic E-state index is 6.53. The van der Waals surface area contributed by atoms with Gasteiger partial charge in [-0.25, -0.2) is 0 Å². The van der Waals surface area contributed by atoms with Crippen LogP contribution in [0.3, 0.4) is 0 Å². The smallest absolute Gasteiger partial charge is 0.122 e. The molecule has 0 spiro atoms. The van der Waals surface area contributed by atoms with Gasteiger partial charge >= 0.3 is 0 Å². The van der Waals surface area contributed by atoms with Crippen LogP contribution in [-0.2, 0) is 0 Å². The molecule has 0 bridgehead atoms. The molecule has 1 aromatic rings. The number of hydrogen-bond acceptors (Lipinski definition) is 4. The predicted molar refractivity (Wildman–Crippen MR) is 83.8 cm³/mol. The Morgan fingerprint density at radius 1 is 1.00 bits per heavy atom. The third kappa shape index (κ3) is 3.16. The number of hydrogen-bond donors (Lipinski definition) is 1. The molecule has 2 atom stereocenters. The largest absolute Gasteiger partial charge is 0.497 e. The fourth-order valence-electron chi connectivity index (χ4n) is 3.47. The summed E-state index contributed by atoms with van der Waals surface area (Å²) in [6.45, 7) is 1.16. The first-order chi connectivity index (χ1) is 10.2. The van der Waals surface area contributed by atoms with Crippen molar-refractivity contribution in [2.45, 2.75) is 50.2 Å². The van der Waals surface area contributed by atoms with Crippen molar-refractivity contribution in [1.82, 2.24) is 4.90 Å². The molecular weight excluding hydrogens is 264 g/mol. The van der Waals surface area contributed by atoms with Gasteiger partial charge in [-0.2, -0.15) is 0 Å². The molecule has 0 radical (unpaired) electrons. The molecule has 21 heavy (non-hydrogen) atoms. The maximum Gasteiger partial charge on any atom is 0.122 e. The Morgan fingerprint density at radius 3 is 2.24 bits per heavy atom. The van der Waals surface area contributed by atoms with Gasteiger partial charge in [-0.3, -0.25) is 4.90 Å². The van der Waals surface area contributed by atoms with Crippen molar-refractivity contribution < 1.29 is 9.47 Å². The van der Waals surface area contributed by atoms with Gasteiger partial charge in [-0.05, 0) is 49.9 Å². The standard InChI is InChI=1S/C17H26N2O2/c1-20-14-9-12(10-15(11-14)21-2)17-16(18)5-3-4-8-19(17)13-6-7-13/h9-11,13,16-17H,3-8,18H2,1-2H3. The Balaban J connectivity index is 1.97. The molecule has 0 amide bonds. The zero-order valence-electron chi connectivity index (χ0n) is 13.0. The van der Waals surface area contributed by atoms with E-state index in [1.165, 1.54) is 31.2 Å². The monoisotopic (exact) mass is 290 g/mol. The number of benzene rings is 1. The minimum absolute atomic E-state index is 0.185. The van der Waals surface area contributed by atoms with Crippen LogP contribution in [0, 0.1) is 0 Å². The minimum Gasteiger partial charge on any atom is -0.497 e. The lowest BCUT2D eigenvalue weighted by Gasteiger charge is -2.34. The van der Waals surface area contributed by atoms with Gasteiger partial charge in [0, 0.05) is 18.2 Å². The summed E-state index contributed by atoms with van der Waals surface area (Å²) in [5.74, 6) is 1.69. The minimum atomic E-state index is 0.185. The molecule has 2 aliphatic rings. The number of methoxy groups -OCH3 is 2. The van der Waals surface area contributed by atoms with E-state index in [1.807, 2.05) is 6.07 Å². The van der Waals surface area contributed by atoms with E-state index < -0.39 is 0 Å². The highest BCUT2D eigenvalue weighted by Gasteiger charge is 2.38. The van der Waals surface area contributed by atoms with Gasteiger partial charge < -0.3 is 15.2 Å². The molecule has 1 aliphatic carbocycles. The van der Waals surface area contributed by atoms with Gasteiger partial charge in [0.1, 0.15) is 11.5 Å². The number of rotatable bonds is 4. The van der Waals surface area contributed by atoms with Gasteiger partial charge in [0.25, 0.3) is 0 Å². The van der Waals surface area contributed by atoms with Gasteiger partial charge in [0.2, 0.25) is 0 Å². The summed E-state index contributed by atoms with van der Waals surface area (Å²) in [7, 11) is 3.40. The van der Waals surface area contributed by atoms with Crippen LogP contribution in [0.4, 0.5) is 0 Å². The molecule has 2 unspecified atom stereocenters. The number of nitrogens with two attached hydrogens (primary N) is 1. The molecule has 1 aromatic carbocycles. The third-order valence-corrected chi connectivity index (χ3v) is 4.70. The molecule has 4 nitrogen and oxygen atoms in total. The van der Waals surface area contributed by atoms with E-state index in [2.05, 4.69) is 17.0 Å². The van der Waals surface area contributed by atoms with Crippen LogP contribution in [0.5, 0.6) is 11.5 Å². The predicted octanol–water partition coefficient (Wildman–Crippen LogP) is 2.72. The summed E-state index contributed by atoms with van der Waals surface area (Å²) < 4.78 is 10.9. The van der Waals surface area contributed by atoms with E-state index in [9.17, 15) is 0 Å². The molecular formula is C17H26N2O2. The molecule has 1 heterocycles. The lowest BCUT2D eigenvalue weighted by atomic mass is 9.95. The number of likely N-dealkylation sites (tertiary alicyclic amines) is 1. The number of nitrogens with zero attached hydrogens (tertiary/aromatic N) is 1. The van der Waals surface area contributed by atoms with Crippen molar-refractivity contribution >= 4 is 0 Å². The summed E-state index contributed by atoms with van der Waals surface area (Å²) >= 11 is 0. The van der Waals surface area contributed by atoms with Gasteiger partial charge in [0.15, 0.2) is 0 Å². The highest BCUT2D eigenvalue weighted by atomic mass is 16.5. The summed E-state index contributed by atoms with van der Waals surface area (Å²) in [6, 6.07) is 7.35. The van der Waals surface area contributed by atoms with Crippen molar-refractivity contribution in [2.75, 3.05) is 20.8 Å². The molecule has 1 saturated heterocycles. The van der Waals surface area contributed by atoms with E-state index in [-0.39, 0.29) is 12.1 Å². The zero-order chi connectivity index (χ0) is 14.8. The average molecular weight is 290 g/mol. The maximum absolute atomic E-state index is 6.53. The Bertz CT molecular complexity index is 465. The summed E-state index contributed by atoms with van der Waals surface area (Å²) in [6.07, 6.45) is 6.19.